The molecule has 8 heteroatoms. The van der Waals surface area contributed by atoms with Gasteiger partial charge in [-0.2, -0.15) is 9.97 Å². The maximum atomic E-state index is 13.9. The number of unbranched alkanes of at least 4 members (excludes halogenated alkanes) is 1. The van der Waals surface area contributed by atoms with Crippen LogP contribution in [-0.4, -0.2) is 47.7 Å². The Morgan fingerprint density at radius 1 is 1.20 bits per heavy atom. The van der Waals surface area contributed by atoms with Gasteiger partial charge >= 0.3 is 0 Å². The van der Waals surface area contributed by atoms with Crippen molar-refractivity contribution in [1.29, 1.82) is 0 Å². The molecule has 7 nitrogen and oxygen atoms in total. The van der Waals surface area contributed by atoms with Gasteiger partial charge in [-0.3, -0.25) is 0 Å². The molecular formula is C17H24FN7. The third kappa shape index (κ3) is 4.26. The van der Waals surface area contributed by atoms with Gasteiger partial charge in [-0.25, -0.2) is 9.37 Å². The summed E-state index contributed by atoms with van der Waals surface area (Å²) in [6, 6.07) is 4.96. The molecule has 3 heterocycles. The van der Waals surface area contributed by atoms with Crippen LogP contribution in [0.25, 0.3) is 0 Å². The van der Waals surface area contributed by atoms with Crippen LogP contribution in [0.3, 0.4) is 0 Å². The minimum atomic E-state index is -0.287. The van der Waals surface area contributed by atoms with E-state index in [-0.39, 0.29) is 11.8 Å². The lowest BCUT2D eigenvalue weighted by Crippen LogP contribution is -2.47. The summed E-state index contributed by atoms with van der Waals surface area (Å²) in [6.45, 7) is 5.80. The van der Waals surface area contributed by atoms with E-state index in [2.05, 4.69) is 32.1 Å². The number of hydrogen-bond acceptors (Lipinski definition) is 7. The summed E-state index contributed by atoms with van der Waals surface area (Å²) in [5.41, 5.74) is 5.85. The third-order valence-electron chi connectivity index (χ3n) is 4.21. The Morgan fingerprint density at radius 2 is 1.96 bits per heavy atom. The summed E-state index contributed by atoms with van der Waals surface area (Å²) in [5, 5.41) is 3.28. The van der Waals surface area contributed by atoms with Gasteiger partial charge in [-0.05, 0) is 18.6 Å². The van der Waals surface area contributed by atoms with Gasteiger partial charge in [-0.15, -0.1) is 0 Å². The van der Waals surface area contributed by atoms with Crippen molar-refractivity contribution in [3.63, 3.8) is 0 Å². The molecule has 0 radical (unpaired) electrons. The van der Waals surface area contributed by atoms with Gasteiger partial charge in [0.2, 0.25) is 5.95 Å². The average molecular weight is 345 g/mol. The minimum absolute atomic E-state index is 0.259. The van der Waals surface area contributed by atoms with Gasteiger partial charge in [0, 0.05) is 45.0 Å². The first-order valence-electron chi connectivity index (χ1n) is 8.66. The van der Waals surface area contributed by atoms with Crippen molar-refractivity contribution >= 4 is 23.4 Å². The highest BCUT2D eigenvalue weighted by Gasteiger charge is 2.21. The molecule has 0 aliphatic carbocycles. The van der Waals surface area contributed by atoms with Gasteiger partial charge in [0.25, 0.3) is 0 Å². The number of anilines is 4. The highest BCUT2D eigenvalue weighted by Crippen LogP contribution is 2.22. The molecule has 0 unspecified atom stereocenters. The SMILES string of the molecule is CCCCNc1cc(N2CCN(c3ncccc3F)CC2)nc(N)n1. The van der Waals surface area contributed by atoms with Crippen LogP contribution in [0.2, 0.25) is 0 Å². The standard InChI is InChI=1S/C17H24FN7/c1-2-3-6-20-14-12-15(23-17(19)22-14)24-8-10-25(11-9-24)16-13(18)5-4-7-21-16/h4-5,7,12H,2-3,6,8-11H2,1H3,(H3,19,20,22,23). The van der Waals surface area contributed by atoms with Crippen LogP contribution in [-0.2, 0) is 0 Å². The number of piperazine rings is 1. The molecule has 0 saturated carbocycles. The van der Waals surface area contributed by atoms with Crippen LogP contribution in [0, 0.1) is 5.82 Å². The first-order valence-corrected chi connectivity index (χ1v) is 8.66. The summed E-state index contributed by atoms with van der Waals surface area (Å²) >= 11 is 0. The van der Waals surface area contributed by atoms with Crippen LogP contribution in [0.1, 0.15) is 19.8 Å². The number of rotatable bonds is 6. The highest BCUT2D eigenvalue weighted by molar-refractivity contribution is 5.54. The molecule has 2 aromatic rings. The van der Waals surface area contributed by atoms with Crippen molar-refractivity contribution in [3.8, 4) is 0 Å². The highest BCUT2D eigenvalue weighted by atomic mass is 19.1. The molecule has 1 fully saturated rings. The van der Waals surface area contributed by atoms with Crippen molar-refractivity contribution in [2.45, 2.75) is 19.8 Å². The maximum Gasteiger partial charge on any atom is 0.223 e. The van der Waals surface area contributed by atoms with Gasteiger partial charge in [-0.1, -0.05) is 13.3 Å². The second-order valence-electron chi connectivity index (χ2n) is 6.03. The molecule has 0 amide bonds. The Morgan fingerprint density at radius 3 is 2.68 bits per heavy atom. The Balaban J connectivity index is 1.65. The lowest BCUT2D eigenvalue weighted by atomic mass is 10.3. The fourth-order valence-corrected chi connectivity index (χ4v) is 2.86. The second-order valence-corrected chi connectivity index (χ2v) is 6.03. The van der Waals surface area contributed by atoms with Crippen molar-refractivity contribution in [1.82, 2.24) is 15.0 Å². The Labute approximate surface area is 147 Å². The van der Waals surface area contributed by atoms with Crippen molar-refractivity contribution in [2.24, 2.45) is 0 Å². The van der Waals surface area contributed by atoms with E-state index in [9.17, 15) is 4.39 Å². The van der Waals surface area contributed by atoms with Crippen LogP contribution in [0.15, 0.2) is 24.4 Å². The molecule has 2 aromatic heterocycles. The number of halogens is 1. The Kier molecular flexibility index (Phi) is 5.47. The molecule has 25 heavy (non-hydrogen) atoms. The van der Waals surface area contributed by atoms with Gasteiger partial charge in [0.1, 0.15) is 11.6 Å². The second kappa shape index (κ2) is 7.96. The van der Waals surface area contributed by atoms with Crippen LogP contribution >= 0.6 is 0 Å². The normalized spacial score (nSPS) is 14.6. The summed E-state index contributed by atoms with van der Waals surface area (Å²) in [5.74, 6) is 1.92. The number of nitrogen functional groups attached to an aromatic ring is 1. The monoisotopic (exact) mass is 345 g/mol. The largest absolute Gasteiger partial charge is 0.370 e. The van der Waals surface area contributed by atoms with E-state index in [1.165, 1.54) is 6.07 Å². The van der Waals surface area contributed by atoms with E-state index in [0.717, 1.165) is 44.1 Å². The zero-order chi connectivity index (χ0) is 17.6. The first kappa shape index (κ1) is 17.2. The molecule has 0 aromatic carbocycles. The van der Waals surface area contributed by atoms with Crippen LogP contribution < -0.4 is 20.9 Å². The number of nitrogens with two attached hydrogens (primary N) is 1. The molecular weight excluding hydrogens is 321 g/mol. The van der Waals surface area contributed by atoms with E-state index < -0.39 is 0 Å². The van der Waals surface area contributed by atoms with Crippen molar-refractivity contribution < 1.29 is 4.39 Å². The topological polar surface area (TPSA) is 83.2 Å². The zero-order valence-corrected chi connectivity index (χ0v) is 14.5. The van der Waals surface area contributed by atoms with Gasteiger partial charge in [0.05, 0.1) is 0 Å². The minimum Gasteiger partial charge on any atom is -0.370 e. The Bertz CT molecular complexity index is 701. The molecule has 1 saturated heterocycles. The predicted octanol–water partition coefficient (Wildman–Crippen LogP) is 2.13. The van der Waals surface area contributed by atoms with E-state index in [4.69, 9.17) is 5.73 Å². The molecule has 0 atom stereocenters. The fourth-order valence-electron chi connectivity index (χ4n) is 2.86. The van der Waals surface area contributed by atoms with Crippen molar-refractivity contribution in [2.75, 3.05) is 53.6 Å². The fraction of sp³-hybridized carbons (Fsp3) is 0.471. The number of hydrogen-bond donors (Lipinski definition) is 2. The van der Waals surface area contributed by atoms with Crippen LogP contribution in [0.4, 0.5) is 27.8 Å². The number of aromatic nitrogens is 3. The smallest absolute Gasteiger partial charge is 0.223 e. The molecule has 134 valence electrons. The van der Waals surface area contributed by atoms with Crippen molar-refractivity contribution in [3.05, 3.63) is 30.2 Å². The lowest BCUT2D eigenvalue weighted by Gasteiger charge is -2.36. The molecule has 1 aliphatic rings. The summed E-state index contributed by atoms with van der Waals surface area (Å²) in [6.07, 6.45) is 3.81. The van der Waals surface area contributed by atoms with Gasteiger partial charge < -0.3 is 20.9 Å². The van der Waals surface area contributed by atoms with E-state index in [0.29, 0.717) is 18.9 Å². The number of nitrogens with zero attached hydrogens (tertiary/aromatic N) is 5. The number of pyridine rings is 1. The third-order valence-corrected chi connectivity index (χ3v) is 4.21. The zero-order valence-electron chi connectivity index (χ0n) is 14.5. The van der Waals surface area contributed by atoms with E-state index in [1.807, 2.05) is 11.0 Å². The van der Waals surface area contributed by atoms with E-state index in [1.54, 1.807) is 12.3 Å². The van der Waals surface area contributed by atoms with Gasteiger partial charge in [0.15, 0.2) is 11.6 Å². The van der Waals surface area contributed by atoms with Crippen LogP contribution in [0.5, 0.6) is 0 Å². The molecule has 0 spiro atoms. The summed E-state index contributed by atoms with van der Waals surface area (Å²) < 4.78 is 13.9. The average Bonchev–Trinajstić information content (AvgIpc) is 2.62. The van der Waals surface area contributed by atoms with E-state index >= 15 is 0 Å². The lowest BCUT2D eigenvalue weighted by molar-refractivity contribution is 0.587. The summed E-state index contributed by atoms with van der Waals surface area (Å²) in [4.78, 5) is 16.8. The predicted molar refractivity (Wildman–Crippen MR) is 98.5 cm³/mol. The molecule has 3 rings (SSSR count). The molecule has 0 bridgehead atoms. The molecule has 1 aliphatic heterocycles. The molecule has 3 N–H and O–H groups in total. The Hall–Kier alpha value is -2.64. The first-order chi connectivity index (χ1) is 12.2. The number of nitrogens with one attached hydrogen (secondary N) is 1. The summed E-state index contributed by atoms with van der Waals surface area (Å²) in [7, 11) is 0. The quantitative estimate of drug-likeness (QED) is 0.776. The maximum absolute atomic E-state index is 13.9.